The summed E-state index contributed by atoms with van der Waals surface area (Å²) in [6.45, 7) is 5.77. The van der Waals surface area contributed by atoms with Crippen LogP contribution in [0.2, 0.25) is 0 Å². The number of nitrogens with zero attached hydrogens (tertiary/aromatic N) is 1. The summed E-state index contributed by atoms with van der Waals surface area (Å²) in [5, 5.41) is 16.5. The molecule has 0 radical (unpaired) electrons. The molecule has 0 spiro atoms. The standard InChI is InChI=1S/C17H22N2O4/c1-11(2)16-15(12(3)19-23-16)17(21)18-9-13(20)10-22-14-7-5-4-6-8-14/h4-8,11,13,20H,9-10H2,1-3H3,(H,18,21)/t13-/m1/s1. The molecule has 0 fully saturated rings. The molecule has 0 aliphatic rings. The fourth-order valence-corrected chi connectivity index (χ4v) is 2.12. The second kappa shape index (κ2) is 7.78. The van der Waals surface area contributed by atoms with Gasteiger partial charge in [0, 0.05) is 12.5 Å². The van der Waals surface area contributed by atoms with Gasteiger partial charge in [-0.2, -0.15) is 0 Å². The lowest BCUT2D eigenvalue weighted by Crippen LogP contribution is -2.35. The zero-order valence-corrected chi connectivity index (χ0v) is 13.6. The Morgan fingerprint density at radius 2 is 2.04 bits per heavy atom. The number of rotatable bonds is 7. The molecule has 2 N–H and O–H groups in total. The molecule has 2 aromatic rings. The van der Waals surface area contributed by atoms with Gasteiger partial charge in [-0.25, -0.2) is 0 Å². The maximum Gasteiger partial charge on any atom is 0.256 e. The minimum atomic E-state index is -0.804. The second-order valence-electron chi connectivity index (χ2n) is 5.65. The number of hydrogen-bond acceptors (Lipinski definition) is 5. The van der Waals surface area contributed by atoms with Crippen LogP contribution in [0.1, 0.15) is 41.6 Å². The van der Waals surface area contributed by atoms with E-state index in [9.17, 15) is 9.90 Å². The Balaban J connectivity index is 1.85. The SMILES string of the molecule is Cc1noc(C(C)C)c1C(=O)NC[C@@H](O)COc1ccccc1. The summed E-state index contributed by atoms with van der Waals surface area (Å²) in [7, 11) is 0. The number of carbonyl (C=O) groups is 1. The monoisotopic (exact) mass is 318 g/mol. The fraction of sp³-hybridized carbons (Fsp3) is 0.412. The van der Waals surface area contributed by atoms with Crippen LogP contribution in [0, 0.1) is 6.92 Å². The molecule has 0 bridgehead atoms. The molecule has 0 unspecified atom stereocenters. The van der Waals surface area contributed by atoms with Crippen LogP contribution < -0.4 is 10.1 Å². The first-order valence-electron chi connectivity index (χ1n) is 7.59. The Hall–Kier alpha value is -2.34. The number of aromatic nitrogens is 1. The predicted octanol–water partition coefficient (Wildman–Crippen LogP) is 2.28. The van der Waals surface area contributed by atoms with Gasteiger partial charge in [0.15, 0.2) is 5.76 Å². The maximum atomic E-state index is 12.3. The van der Waals surface area contributed by atoms with Gasteiger partial charge >= 0.3 is 0 Å². The van der Waals surface area contributed by atoms with E-state index in [1.165, 1.54) is 0 Å². The highest BCUT2D eigenvalue weighted by atomic mass is 16.5. The van der Waals surface area contributed by atoms with Crippen LogP contribution in [0.15, 0.2) is 34.9 Å². The summed E-state index contributed by atoms with van der Waals surface area (Å²) >= 11 is 0. The van der Waals surface area contributed by atoms with Crippen molar-refractivity contribution in [3.05, 3.63) is 47.3 Å². The minimum Gasteiger partial charge on any atom is -0.491 e. The highest BCUT2D eigenvalue weighted by Crippen LogP contribution is 2.21. The van der Waals surface area contributed by atoms with Gasteiger partial charge in [0.05, 0.1) is 5.69 Å². The molecule has 1 aromatic heterocycles. The first kappa shape index (κ1) is 17.0. The molecule has 1 amide bonds. The first-order valence-corrected chi connectivity index (χ1v) is 7.59. The van der Waals surface area contributed by atoms with Gasteiger partial charge in [0.2, 0.25) is 0 Å². The summed E-state index contributed by atoms with van der Waals surface area (Å²) in [5.41, 5.74) is 0.984. The smallest absolute Gasteiger partial charge is 0.256 e. The molecule has 0 aliphatic carbocycles. The number of hydrogen-bond donors (Lipinski definition) is 2. The third kappa shape index (κ3) is 4.56. The number of aliphatic hydroxyl groups excluding tert-OH is 1. The maximum absolute atomic E-state index is 12.3. The molecule has 6 heteroatoms. The third-order valence-electron chi connectivity index (χ3n) is 3.32. The van der Waals surface area contributed by atoms with E-state index >= 15 is 0 Å². The van der Waals surface area contributed by atoms with E-state index in [-0.39, 0.29) is 25.0 Å². The lowest BCUT2D eigenvalue weighted by atomic mass is 10.0. The molecule has 0 aliphatic heterocycles. The number of aliphatic hydroxyl groups is 1. The summed E-state index contributed by atoms with van der Waals surface area (Å²) in [6.07, 6.45) is -0.804. The third-order valence-corrected chi connectivity index (χ3v) is 3.32. The zero-order chi connectivity index (χ0) is 16.8. The molecule has 0 saturated carbocycles. The van der Waals surface area contributed by atoms with Crippen molar-refractivity contribution in [1.82, 2.24) is 10.5 Å². The number of aryl methyl sites for hydroxylation is 1. The largest absolute Gasteiger partial charge is 0.491 e. The van der Waals surface area contributed by atoms with Gasteiger partial charge in [-0.3, -0.25) is 4.79 Å². The highest BCUT2D eigenvalue weighted by molar-refractivity contribution is 5.96. The van der Waals surface area contributed by atoms with Gasteiger partial charge in [-0.1, -0.05) is 37.2 Å². The van der Waals surface area contributed by atoms with Gasteiger partial charge in [0.25, 0.3) is 5.91 Å². The summed E-state index contributed by atoms with van der Waals surface area (Å²) in [6, 6.07) is 9.20. The van der Waals surface area contributed by atoms with Crippen LogP contribution in [0.3, 0.4) is 0 Å². The number of nitrogens with one attached hydrogen (secondary N) is 1. The van der Waals surface area contributed by atoms with Gasteiger partial charge in [-0.15, -0.1) is 0 Å². The van der Waals surface area contributed by atoms with Crippen LogP contribution in [0.4, 0.5) is 0 Å². The molecular weight excluding hydrogens is 296 g/mol. The van der Waals surface area contributed by atoms with Crippen molar-refractivity contribution in [2.45, 2.75) is 32.8 Å². The van der Waals surface area contributed by atoms with Gasteiger partial charge < -0.3 is 19.7 Å². The Morgan fingerprint density at radius 3 is 2.70 bits per heavy atom. The normalized spacial score (nSPS) is 12.2. The number of ether oxygens (including phenoxy) is 1. The zero-order valence-electron chi connectivity index (χ0n) is 13.6. The topological polar surface area (TPSA) is 84.6 Å². The van der Waals surface area contributed by atoms with Crippen LogP contribution in [-0.2, 0) is 0 Å². The number of benzene rings is 1. The van der Waals surface area contributed by atoms with E-state index in [1.54, 1.807) is 19.1 Å². The second-order valence-corrected chi connectivity index (χ2v) is 5.65. The summed E-state index contributed by atoms with van der Waals surface area (Å²) < 4.78 is 10.6. The molecule has 1 aromatic carbocycles. The number of amides is 1. The van der Waals surface area contributed by atoms with E-state index < -0.39 is 6.10 Å². The van der Waals surface area contributed by atoms with Crippen molar-refractivity contribution >= 4 is 5.91 Å². The molecule has 23 heavy (non-hydrogen) atoms. The molecule has 6 nitrogen and oxygen atoms in total. The molecule has 0 saturated heterocycles. The van der Waals surface area contributed by atoms with Crippen molar-refractivity contribution < 1.29 is 19.2 Å². The van der Waals surface area contributed by atoms with Crippen LogP contribution in [-0.4, -0.2) is 35.4 Å². The number of para-hydroxylation sites is 1. The molecule has 124 valence electrons. The molecule has 2 rings (SSSR count). The Labute approximate surface area is 135 Å². The lowest BCUT2D eigenvalue weighted by Gasteiger charge is -2.13. The van der Waals surface area contributed by atoms with Crippen molar-refractivity contribution in [2.24, 2.45) is 0 Å². The molecule has 1 heterocycles. The Bertz CT molecular complexity index is 637. The summed E-state index contributed by atoms with van der Waals surface area (Å²) in [4.78, 5) is 12.3. The summed E-state index contributed by atoms with van der Waals surface area (Å²) in [5.74, 6) is 0.986. The minimum absolute atomic E-state index is 0.0586. The fourth-order valence-electron chi connectivity index (χ4n) is 2.12. The van der Waals surface area contributed by atoms with Gasteiger partial charge in [-0.05, 0) is 19.1 Å². The van der Waals surface area contributed by atoms with E-state index in [0.29, 0.717) is 22.8 Å². The van der Waals surface area contributed by atoms with Crippen molar-refractivity contribution in [3.8, 4) is 5.75 Å². The van der Waals surface area contributed by atoms with Crippen LogP contribution in [0.25, 0.3) is 0 Å². The van der Waals surface area contributed by atoms with Gasteiger partial charge in [0.1, 0.15) is 24.0 Å². The lowest BCUT2D eigenvalue weighted by molar-refractivity contribution is 0.0841. The van der Waals surface area contributed by atoms with Crippen LogP contribution >= 0.6 is 0 Å². The van der Waals surface area contributed by atoms with E-state index in [1.807, 2.05) is 32.0 Å². The van der Waals surface area contributed by atoms with E-state index in [0.717, 1.165) is 0 Å². The van der Waals surface area contributed by atoms with Crippen molar-refractivity contribution in [3.63, 3.8) is 0 Å². The highest BCUT2D eigenvalue weighted by Gasteiger charge is 2.22. The Morgan fingerprint density at radius 1 is 1.35 bits per heavy atom. The Kier molecular flexibility index (Phi) is 5.76. The van der Waals surface area contributed by atoms with E-state index in [2.05, 4.69) is 10.5 Å². The average molecular weight is 318 g/mol. The van der Waals surface area contributed by atoms with Crippen molar-refractivity contribution in [2.75, 3.05) is 13.2 Å². The average Bonchev–Trinajstić information content (AvgIpc) is 2.93. The molecular formula is C17H22N2O4. The van der Waals surface area contributed by atoms with E-state index in [4.69, 9.17) is 9.26 Å². The predicted molar refractivity (Wildman–Crippen MR) is 85.6 cm³/mol. The quantitative estimate of drug-likeness (QED) is 0.818. The molecule has 1 atom stereocenters. The van der Waals surface area contributed by atoms with Crippen molar-refractivity contribution in [1.29, 1.82) is 0 Å². The first-order chi connectivity index (χ1) is 11.0. The van der Waals surface area contributed by atoms with Crippen LogP contribution in [0.5, 0.6) is 5.75 Å². The number of carbonyl (C=O) groups excluding carboxylic acids is 1.